The van der Waals surface area contributed by atoms with Gasteiger partial charge in [-0.1, -0.05) is 24.3 Å². The van der Waals surface area contributed by atoms with Crippen LogP contribution in [-0.2, 0) is 19.9 Å². The van der Waals surface area contributed by atoms with Crippen molar-refractivity contribution in [1.29, 1.82) is 0 Å². The molecule has 3 rings (SSSR count). The fourth-order valence-electron chi connectivity index (χ4n) is 2.70. The summed E-state index contributed by atoms with van der Waals surface area (Å²) in [6, 6.07) is 10.3. The second-order valence-corrected chi connectivity index (χ2v) is 5.36. The van der Waals surface area contributed by atoms with Gasteiger partial charge in [0.15, 0.2) is 5.69 Å². The molecule has 0 spiro atoms. The molecule has 1 amide bonds. The molecular weight excluding hydrogens is 250 g/mol. The molecule has 1 aliphatic rings. The van der Waals surface area contributed by atoms with Gasteiger partial charge >= 0.3 is 0 Å². The Balaban J connectivity index is 1.78. The van der Waals surface area contributed by atoms with E-state index < -0.39 is 0 Å². The maximum atomic E-state index is 12.5. The fraction of sp³-hybridized carbons (Fsp3) is 0.375. The highest BCUT2D eigenvalue weighted by atomic mass is 16.2. The van der Waals surface area contributed by atoms with Gasteiger partial charge in [0, 0.05) is 25.8 Å². The third-order valence-electron chi connectivity index (χ3n) is 4.04. The van der Waals surface area contributed by atoms with Crippen LogP contribution in [0.25, 0.3) is 0 Å². The molecule has 0 saturated heterocycles. The maximum absolute atomic E-state index is 12.5. The quantitative estimate of drug-likeness (QED) is 0.794. The Labute approximate surface area is 119 Å². The first-order valence-electron chi connectivity index (χ1n) is 7.02. The molecule has 2 aromatic rings. The number of benzene rings is 1. The van der Waals surface area contributed by atoms with Crippen molar-refractivity contribution in [3.63, 3.8) is 0 Å². The number of carbonyl (C=O) groups excluding carboxylic acids is 1. The van der Waals surface area contributed by atoms with Crippen molar-refractivity contribution in [2.24, 2.45) is 7.05 Å². The molecule has 2 heterocycles. The number of aryl methyl sites for hydroxylation is 2. The van der Waals surface area contributed by atoms with Crippen molar-refractivity contribution in [3.8, 4) is 0 Å². The van der Waals surface area contributed by atoms with Crippen LogP contribution in [0.2, 0.25) is 0 Å². The van der Waals surface area contributed by atoms with E-state index in [1.807, 2.05) is 24.9 Å². The summed E-state index contributed by atoms with van der Waals surface area (Å²) in [6.07, 6.45) is 1.85. The summed E-state index contributed by atoms with van der Waals surface area (Å²) in [7, 11) is 1.87. The lowest BCUT2D eigenvalue weighted by Crippen LogP contribution is -2.33. The zero-order valence-corrected chi connectivity index (χ0v) is 12.0. The third-order valence-corrected chi connectivity index (χ3v) is 4.04. The van der Waals surface area contributed by atoms with Crippen molar-refractivity contribution in [2.75, 3.05) is 13.1 Å². The summed E-state index contributed by atoms with van der Waals surface area (Å²) in [5.41, 5.74) is 4.28. The Hall–Kier alpha value is -2.10. The smallest absolute Gasteiger partial charge is 0.274 e. The molecule has 0 bridgehead atoms. The molecule has 0 N–H and O–H groups in total. The molecule has 0 radical (unpaired) electrons. The van der Waals surface area contributed by atoms with Gasteiger partial charge in [-0.2, -0.15) is 5.10 Å². The molecule has 1 aliphatic heterocycles. The lowest BCUT2D eigenvalue weighted by Gasteiger charge is -2.18. The third kappa shape index (κ3) is 2.33. The standard InChI is InChI=1S/C16H19N3O/c1-12-11-15(17-18(12)2)16(20)19-9-7-13-5-3-4-6-14(13)8-10-19/h3-6,11H,7-10H2,1-2H3. The number of rotatable bonds is 1. The summed E-state index contributed by atoms with van der Waals surface area (Å²) in [5, 5.41) is 4.29. The van der Waals surface area contributed by atoms with E-state index in [2.05, 4.69) is 29.4 Å². The molecule has 4 nitrogen and oxygen atoms in total. The zero-order chi connectivity index (χ0) is 14.1. The van der Waals surface area contributed by atoms with E-state index in [9.17, 15) is 4.79 Å². The molecule has 0 aliphatic carbocycles. The molecule has 20 heavy (non-hydrogen) atoms. The van der Waals surface area contributed by atoms with E-state index in [0.717, 1.165) is 31.6 Å². The molecule has 4 heteroatoms. The predicted molar refractivity (Wildman–Crippen MR) is 77.7 cm³/mol. The molecular formula is C16H19N3O. The van der Waals surface area contributed by atoms with Gasteiger partial charge in [0.05, 0.1) is 0 Å². The highest BCUT2D eigenvalue weighted by Gasteiger charge is 2.21. The molecule has 1 aromatic heterocycles. The van der Waals surface area contributed by atoms with Crippen molar-refractivity contribution in [1.82, 2.24) is 14.7 Å². The summed E-state index contributed by atoms with van der Waals surface area (Å²) < 4.78 is 1.75. The topological polar surface area (TPSA) is 38.1 Å². The lowest BCUT2D eigenvalue weighted by molar-refractivity contribution is 0.0756. The number of nitrogens with zero attached hydrogens (tertiary/aromatic N) is 3. The fourth-order valence-corrected chi connectivity index (χ4v) is 2.70. The second-order valence-electron chi connectivity index (χ2n) is 5.36. The van der Waals surface area contributed by atoms with Crippen molar-refractivity contribution in [3.05, 3.63) is 52.8 Å². The Kier molecular flexibility index (Phi) is 3.30. The van der Waals surface area contributed by atoms with E-state index >= 15 is 0 Å². The number of carbonyl (C=O) groups is 1. The minimum absolute atomic E-state index is 0.0431. The first kappa shape index (κ1) is 12.9. The van der Waals surface area contributed by atoms with Crippen LogP contribution in [0.3, 0.4) is 0 Å². The van der Waals surface area contributed by atoms with E-state index in [-0.39, 0.29) is 5.91 Å². The number of aromatic nitrogens is 2. The molecule has 0 fully saturated rings. The summed E-state index contributed by atoms with van der Waals surface area (Å²) in [5.74, 6) is 0.0431. The van der Waals surface area contributed by atoms with Gasteiger partial charge in [-0.3, -0.25) is 9.48 Å². The largest absolute Gasteiger partial charge is 0.337 e. The van der Waals surface area contributed by atoms with Gasteiger partial charge in [0.25, 0.3) is 5.91 Å². The Morgan fingerprint density at radius 1 is 1.15 bits per heavy atom. The van der Waals surface area contributed by atoms with Crippen LogP contribution in [0.15, 0.2) is 30.3 Å². The Bertz CT molecular complexity index is 598. The Morgan fingerprint density at radius 2 is 1.75 bits per heavy atom. The Morgan fingerprint density at radius 3 is 2.25 bits per heavy atom. The van der Waals surface area contributed by atoms with Crippen LogP contribution >= 0.6 is 0 Å². The molecule has 0 unspecified atom stereocenters. The van der Waals surface area contributed by atoms with Crippen molar-refractivity contribution >= 4 is 5.91 Å². The van der Waals surface area contributed by atoms with E-state index in [4.69, 9.17) is 0 Å². The highest BCUT2D eigenvalue weighted by molar-refractivity contribution is 5.92. The van der Waals surface area contributed by atoms with Gasteiger partial charge in [-0.05, 0) is 37.0 Å². The zero-order valence-electron chi connectivity index (χ0n) is 12.0. The van der Waals surface area contributed by atoms with Crippen LogP contribution in [0, 0.1) is 6.92 Å². The van der Waals surface area contributed by atoms with Crippen LogP contribution in [0.1, 0.15) is 27.3 Å². The lowest BCUT2D eigenvalue weighted by atomic mass is 10.0. The van der Waals surface area contributed by atoms with E-state index in [1.165, 1.54) is 11.1 Å². The molecule has 1 aromatic carbocycles. The van der Waals surface area contributed by atoms with Crippen LogP contribution in [0.5, 0.6) is 0 Å². The van der Waals surface area contributed by atoms with E-state index in [1.54, 1.807) is 4.68 Å². The molecule has 0 atom stereocenters. The normalized spacial score (nSPS) is 14.8. The highest BCUT2D eigenvalue weighted by Crippen LogP contribution is 2.17. The SMILES string of the molecule is Cc1cc(C(=O)N2CCc3ccccc3CC2)nn1C. The van der Waals surface area contributed by atoms with Crippen molar-refractivity contribution < 1.29 is 4.79 Å². The van der Waals surface area contributed by atoms with Gasteiger partial charge in [-0.15, -0.1) is 0 Å². The summed E-state index contributed by atoms with van der Waals surface area (Å²) in [6.45, 7) is 3.50. The van der Waals surface area contributed by atoms with Gasteiger partial charge in [0.1, 0.15) is 0 Å². The number of hydrogen-bond donors (Lipinski definition) is 0. The van der Waals surface area contributed by atoms with E-state index in [0.29, 0.717) is 5.69 Å². The monoisotopic (exact) mass is 269 g/mol. The first-order chi connectivity index (χ1) is 9.65. The maximum Gasteiger partial charge on any atom is 0.274 e. The first-order valence-corrected chi connectivity index (χ1v) is 7.02. The summed E-state index contributed by atoms with van der Waals surface area (Å²) >= 11 is 0. The van der Waals surface area contributed by atoms with Crippen LogP contribution in [0.4, 0.5) is 0 Å². The number of hydrogen-bond acceptors (Lipinski definition) is 2. The van der Waals surface area contributed by atoms with Crippen LogP contribution in [-0.4, -0.2) is 33.7 Å². The minimum atomic E-state index is 0.0431. The number of amides is 1. The minimum Gasteiger partial charge on any atom is -0.337 e. The van der Waals surface area contributed by atoms with Gasteiger partial charge < -0.3 is 4.90 Å². The van der Waals surface area contributed by atoms with Gasteiger partial charge in [-0.25, -0.2) is 0 Å². The van der Waals surface area contributed by atoms with Crippen LogP contribution < -0.4 is 0 Å². The molecule has 0 saturated carbocycles. The number of fused-ring (bicyclic) bond motifs is 1. The van der Waals surface area contributed by atoms with Gasteiger partial charge in [0.2, 0.25) is 0 Å². The predicted octanol–water partition coefficient (Wildman–Crippen LogP) is 1.97. The van der Waals surface area contributed by atoms with Crippen molar-refractivity contribution in [2.45, 2.75) is 19.8 Å². The summed E-state index contributed by atoms with van der Waals surface area (Å²) in [4.78, 5) is 14.4. The average Bonchev–Trinajstić information content (AvgIpc) is 2.68. The second kappa shape index (κ2) is 5.12. The molecule has 104 valence electrons. The average molecular weight is 269 g/mol.